The molecule has 8 rings (SSSR count). The van der Waals surface area contributed by atoms with Gasteiger partial charge in [-0.3, -0.25) is 0 Å². The fourth-order valence-electron chi connectivity index (χ4n) is 8.21. The zero-order valence-electron chi connectivity index (χ0n) is 24.4. The Labute approximate surface area is 251 Å². The Bertz CT molecular complexity index is 1540. The van der Waals surface area contributed by atoms with Gasteiger partial charge in [0.05, 0.1) is 11.4 Å². The Hall–Kier alpha value is -4.04. The number of hydrogen-bond acceptors (Lipinski definition) is 2. The summed E-state index contributed by atoms with van der Waals surface area (Å²) >= 11 is 0. The molecule has 2 nitrogen and oxygen atoms in total. The molecule has 0 saturated heterocycles. The average Bonchev–Trinajstić information content (AvgIpc) is 3.33. The van der Waals surface area contributed by atoms with Crippen molar-refractivity contribution in [3.63, 3.8) is 0 Å². The maximum atomic E-state index is 2.88. The predicted octanol–water partition coefficient (Wildman–Crippen LogP) is 10.8. The van der Waals surface area contributed by atoms with Gasteiger partial charge in [0.1, 0.15) is 0 Å². The van der Waals surface area contributed by atoms with Crippen LogP contribution in [-0.2, 0) is 0 Å². The van der Waals surface area contributed by atoms with E-state index in [1.165, 1.54) is 96.4 Å². The second kappa shape index (κ2) is 11.0. The zero-order chi connectivity index (χ0) is 27.9. The molecule has 0 bridgehead atoms. The molecule has 0 amide bonds. The highest BCUT2D eigenvalue weighted by atomic mass is 15.2. The fourth-order valence-corrected chi connectivity index (χ4v) is 8.21. The van der Waals surface area contributed by atoms with Crippen molar-refractivity contribution in [2.24, 2.45) is 11.8 Å². The lowest BCUT2D eigenvalue weighted by molar-refractivity contribution is 0.283. The van der Waals surface area contributed by atoms with Gasteiger partial charge in [0, 0.05) is 23.5 Å². The average molecular weight is 549 g/mol. The number of anilines is 4. The van der Waals surface area contributed by atoms with E-state index in [2.05, 4.69) is 131 Å². The zero-order valence-corrected chi connectivity index (χ0v) is 24.4. The number of nitrogens with zero attached hydrogens (tertiary/aromatic N) is 2. The summed E-state index contributed by atoms with van der Waals surface area (Å²) in [6.45, 7) is 0. The maximum Gasteiger partial charge on any atom is 0.0534 e. The van der Waals surface area contributed by atoms with Crippen LogP contribution in [0.15, 0.2) is 109 Å². The quantitative estimate of drug-likeness (QED) is 0.207. The molecule has 4 aliphatic rings. The topological polar surface area (TPSA) is 6.48 Å². The standard InChI is InChI=1S/C40H40N2/c1-5-13-37-31(9-1)17-18-32-10-2-6-14-38(32)41(37)35-25-21-29(22-26-35)30-23-27-36(28-24-30)42-39-15-7-3-11-33(39)19-20-34-12-4-8-16-40(34)42/h1-2,5-6,9-10,13-14,17-28,33-34,39-40H,3-4,7-8,11-12,15-16H2. The molecular weight excluding hydrogens is 508 g/mol. The third kappa shape index (κ3) is 4.58. The van der Waals surface area contributed by atoms with Gasteiger partial charge in [-0.15, -0.1) is 0 Å². The highest BCUT2D eigenvalue weighted by Crippen LogP contribution is 2.44. The van der Waals surface area contributed by atoms with Crippen LogP contribution in [0.25, 0.3) is 23.3 Å². The normalized spacial score (nSPS) is 24.6. The Morgan fingerprint density at radius 1 is 0.452 bits per heavy atom. The van der Waals surface area contributed by atoms with E-state index >= 15 is 0 Å². The van der Waals surface area contributed by atoms with E-state index in [4.69, 9.17) is 0 Å². The van der Waals surface area contributed by atoms with Crippen LogP contribution in [0, 0.1) is 11.8 Å². The van der Waals surface area contributed by atoms with Gasteiger partial charge in [0.2, 0.25) is 0 Å². The number of para-hydroxylation sites is 2. The molecule has 4 aromatic carbocycles. The van der Waals surface area contributed by atoms with Crippen LogP contribution >= 0.6 is 0 Å². The van der Waals surface area contributed by atoms with E-state index in [1.807, 2.05) is 0 Å². The number of benzene rings is 4. The van der Waals surface area contributed by atoms with Gasteiger partial charge in [-0.2, -0.15) is 0 Å². The molecule has 4 unspecified atom stereocenters. The molecule has 2 aliphatic heterocycles. The van der Waals surface area contributed by atoms with E-state index in [-0.39, 0.29) is 0 Å². The monoisotopic (exact) mass is 548 g/mol. The molecule has 2 saturated carbocycles. The maximum absolute atomic E-state index is 2.88. The smallest absolute Gasteiger partial charge is 0.0534 e. The van der Waals surface area contributed by atoms with E-state index < -0.39 is 0 Å². The fraction of sp³-hybridized carbons (Fsp3) is 0.300. The van der Waals surface area contributed by atoms with E-state index in [0.29, 0.717) is 23.9 Å². The van der Waals surface area contributed by atoms with Gasteiger partial charge in [-0.25, -0.2) is 0 Å². The van der Waals surface area contributed by atoms with Crippen molar-refractivity contribution in [3.05, 3.63) is 120 Å². The van der Waals surface area contributed by atoms with Crippen LogP contribution in [0.5, 0.6) is 0 Å². The molecule has 2 heterocycles. The first-order valence-electron chi connectivity index (χ1n) is 16.2. The molecule has 0 N–H and O–H groups in total. The largest absolute Gasteiger partial charge is 0.364 e. The van der Waals surface area contributed by atoms with Crippen LogP contribution in [0.4, 0.5) is 22.7 Å². The second-order valence-electron chi connectivity index (χ2n) is 12.7. The summed E-state index contributed by atoms with van der Waals surface area (Å²) in [6, 6.07) is 37.4. The third-order valence-corrected chi connectivity index (χ3v) is 10.3. The Morgan fingerprint density at radius 2 is 0.905 bits per heavy atom. The van der Waals surface area contributed by atoms with Crippen LogP contribution in [0.2, 0.25) is 0 Å². The molecule has 0 aromatic heterocycles. The molecule has 2 heteroatoms. The summed E-state index contributed by atoms with van der Waals surface area (Å²) in [7, 11) is 0. The summed E-state index contributed by atoms with van der Waals surface area (Å²) in [5.74, 6) is 1.42. The summed E-state index contributed by atoms with van der Waals surface area (Å²) in [5.41, 5.74) is 10.1. The summed E-state index contributed by atoms with van der Waals surface area (Å²) < 4.78 is 0. The highest BCUT2D eigenvalue weighted by Gasteiger charge is 2.39. The minimum Gasteiger partial charge on any atom is -0.364 e. The van der Waals surface area contributed by atoms with Gasteiger partial charge in [0.15, 0.2) is 0 Å². The molecule has 210 valence electrons. The van der Waals surface area contributed by atoms with Crippen molar-refractivity contribution in [1.82, 2.24) is 0 Å². The summed E-state index contributed by atoms with van der Waals surface area (Å²) in [5, 5.41) is 0. The van der Waals surface area contributed by atoms with Gasteiger partial charge < -0.3 is 9.80 Å². The van der Waals surface area contributed by atoms with Crippen LogP contribution in [-0.4, -0.2) is 12.1 Å². The molecule has 4 aromatic rings. The minimum atomic E-state index is 0.655. The third-order valence-electron chi connectivity index (χ3n) is 10.3. The van der Waals surface area contributed by atoms with Crippen molar-refractivity contribution in [2.75, 3.05) is 9.80 Å². The van der Waals surface area contributed by atoms with Gasteiger partial charge in [-0.05, 0) is 96.2 Å². The first-order chi connectivity index (χ1) is 20.8. The molecule has 42 heavy (non-hydrogen) atoms. The second-order valence-corrected chi connectivity index (χ2v) is 12.7. The molecule has 2 fully saturated rings. The lowest BCUT2D eigenvalue weighted by atomic mass is 9.81. The number of rotatable bonds is 3. The van der Waals surface area contributed by atoms with Crippen molar-refractivity contribution < 1.29 is 0 Å². The van der Waals surface area contributed by atoms with Crippen LogP contribution in [0.3, 0.4) is 0 Å². The van der Waals surface area contributed by atoms with Gasteiger partial charge >= 0.3 is 0 Å². The molecule has 0 spiro atoms. The predicted molar refractivity (Wildman–Crippen MR) is 179 cm³/mol. The highest BCUT2D eigenvalue weighted by molar-refractivity contribution is 5.93. The Kier molecular flexibility index (Phi) is 6.71. The first-order valence-corrected chi connectivity index (χ1v) is 16.2. The molecular formula is C40H40N2. The van der Waals surface area contributed by atoms with Crippen molar-refractivity contribution >= 4 is 34.9 Å². The molecule has 2 aliphatic carbocycles. The molecule has 4 atom stereocenters. The minimum absolute atomic E-state index is 0.655. The Balaban J connectivity index is 1.10. The summed E-state index contributed by atoms with van der Waals surface area (Å²) in [4.78, 5) is 5.27. The van der Waals surface area contributed by atoms with Crippen LogP contribution in [0.1, 0.15) is 62.5 Å². The first kappa shape index (κ1) is 25.7. The van der Waals surface area contributed by atoms with Gasteiger partial charge in [-0.1, -0.05) is 111 Å². The molecule has 0 radical (unpaired) electrons. The Morgan fingerprint density at radius 3 is 1.43 bits per heavy atom. The van der Waals surface area contributed by atoms with Crippen molar-refractivity contribution in [3.8, 4) is 11.1 Å². The SMILES string of the molecule is C1=Cc2ccccc2N(c2ccc(-c3ccc(N4C5CCCCC5C=CC5CCCCC54)cc3)cc2)c2ccccc21. The lowest BCUT2D eigenvalue weighted by Gasteiger charge is -2.46. The van der Waals surface area contributed by atoms with E-state index in [9.17, 15) is 0 Å². The van der Waals surface area contributed by atoms with E-state index in [1.54, 1.807) is 0 Å². The van der Waals surface area contributed by atoms with E-state index in [0.717, 1.165) is 0 Å². The van der Waals surface area contributed by atoms with Gasteiger partial charge in [0.25, 0.3) is 0 Å². The lowest BCUT2D eigenvalue weighted by Crippen LogP contribution is -2.50. The van der Waals surface area contributed by atoms with Crippen molar-refractivity contribution in [1.29, 1.82) is 0 Å². The number of fused-ring (bicyclic) bond motifs is 4. The summed E-state index contributed by atoms with van der Waals surface area (Å²) in [6.07, 6.45) is 20.6. The number of hydrogen-bond donors (Lipinski definition) is 0. The van der Waals surface area contributed by atoms with Crippen molar-refractivity contribution in [2.45, 2.75) is 63.5 Å². The van der Waals surface area contributed by atoms with Crippen LogP contribution < -0.4 is 9.80 Å².